The molecule has 0 aliphatic carbocycles. The maximum absolute atomic E-state index is 11.7. The van der Waals surface area contributed by atoms with Gasteiger partial charge in [0.05, 0.1) is 16.5 Å². The molecule has 1 fully saturated rings. The van der Waals surface area contributed by atoms with Gasteiger partial charge in [-0.3, -0.25) is 9.69 Å². The molecule has 1 aromatic rings. The molecule has 2 rings (SSSR count). The molecule has 7 nitrogen and oxygen atoms in total. The van der Waals surface area contributed by atoms with E-state index >= 15 is 0 Å². The summed E-state index contributed by atoms with van der Waals surface area (Å²) in [4.78, 5) is 32.2. The molecule has 1 saturated heterocycles. The van der Waals surface area contributed by atoms with Crippen molar-refractivity contribution in [1.29, 1.82) is 0 Å². The van der Waals surface area contributed by atoms with Crippen molar-refractivity contribution in [1.82, 2.24) is 4.90 Å². The van der Waals surface area contributed by atoms with Gasteiger partial charge >= 0.3 is 17.9 Å². The molecular formula is C16H19Cl2NO6. The normalized spacial score (nSPS) is 13.7. The summed E-state index contributed by atoms with van der Waals surface area (Å²) in [7, 11) is 0. The molecule has 9 heteroatoms. The minimum atomic E-state index is -1.82. The predicted octanol–water partition coefficient (Wildman–Crippen LogP) is 2.33. The quantitative estimate of drug-likeness (QED) is 0.586. The van der Waals surface area contributed by atoms with Gasteiger partial charge in [-0.2, -0.15) is 0 Å². The molecule has 25 heavy (non-hydrogen) atoms. The van der Waals surface area contributed by atoms with E-state index < -0.39 is 11.9 Å². The third-order valence-electron chi connectivity index (χ3n) is 3.38. The molecule has 2 N–H and O–H groups in total. The predicted molar refractivity (Wildman–Crippen MR) is 92.1 cm³/mol. The Morgan fingerprint density at radius 1 is 1.04 bits per heavy atom. The third kappa shape index (κ3) is 8.72. The van der Waals surface area contributed by atoms with Crippen LogP contribution in [0, 0.1) is 0 Å². The summed E-state index contributed by atoms with van der Waals surface area (Å²) >= 11 is 11.7. The van der Waals surface area contributed by atoms with Gasteiger partial charge in [-0.1, -0.05) is 29.3 Å². The van der Waals surface area contributed by atoms with Crippen molar-refractivity contribution in [2.75, 3.05) is 26.2 Å². The standard InChI is InChI=1S/C14H17Cl2NO2.C2H2O4/c15-12-4-3-11(9-13(12)16)10-14(18)19-8-7-17-5-1-2-6-17;3-1(4)2(5)6/h3-4,9H,1-2,5-8,10H2;(H,3,4)(H,5,6). The highest BCUT2D eigenvalue weighted by atomic mass is 35.5. The summed E-state index contributed by atoms with van der Waals surface area (Å²) in [6, 6.07) is 5.18. The molecule has 0 saturated carbocycles. The van der Waals surface area contributed by atoms with Crippen LogP contribution in [0.3, 0.4) is 0 Å². The van der Waals surface area contributed by atoms with Gasteiger partial charge in [-0.25, -0.2) is 9.59 Å². The fraction of sp³-hybridized carbons (Fsp3) is 0.438. The van der Waals surface area contributed by atoms with E-state index in [0.29, 0.717) is 16.7 Å². The van der Waals surface area contributed by atoms with Crippen LogP contribution in [0.25, 0.3) is 0 Å². The number of rotatable bonds is 5. The third-order valence-corrected chi connectivity index (χ3v) is 4.12. The molecule has 138 valence electrons. The van der Waals surface area contributed by atoms with E-state index in [0.717, 1.165) is 25.2 Å². The van der Waals surface area contributed by atoms with Crippen molar-refractivity contribution in [3.8, 4) is 0 Å². The number of esters is 1. The maximum atomic E-state index is 11.7. The summed E-state index contributed by atoms with van der Waals surface area (Å²) in [5.74, 6) is -3.87. The van der Waals surface area contributed by atoms with Crippen LogP contribution in [0.15, 0.2) is 18.2 Å². The number of carboxylic acids is 2. The maximum Gasteiger partial charge on any atom is 0.414 e. The first-order chi connectivity index (χ1) is 11.8. The van der Waals surface area contributed by atoms with Gasteiger partial charge in [0.15, 0.2) is 0 Å². The van der Waals surface area contributed by atoms with E-state index in [1.165, 1.54) is 12.8 Å². The van der Waals surface area contributed by atoms with Crippen LogP contribution >= 0.6 is 23.2 Å². The number of aliphatic carboxylic acids is 2. The molecule has 0 bridgehead atoms. The van der Waals surface area contributed by atoms with Crippen LogP contribution < -0.4 is 0 Å². The Bertz CT molecular complexity index is 605. The lowest BCUT2D eigenvalue weighted by atomic mass is 10.1. The summed E-state index contributed by atoms with van der Waals surface area (Å²) in [6.45, 7) is 3.52. The molecule has 1 heterocycles. The molecule has 0 unspecified atom stereocenters. The molecule has 0 spiro atoms. The zero-order chi connectivity index (χ0) is 18.8. The molecule has 0 atom stereocenters. The Hall–Kier alpha value is -1.83. The van der Waals surface area contributed by atoms with Crippen LogP contribution in [-0.2, 0) is 25.5 Å². The molecule has 1 aliphatic rings. The number of carbonyl (C=O) groups is 3. The lowest BCUT2D eigenvalue weighted by molar-refractivity contribution is -0.159. The van der Waals surface area contributed by atoms with Crippen molar-refractivity contribution in [3.05, 3.63) is 33.8 Å². The molecule has 1 aliphatic heterocycles. The van der Waals surface area contributed by atoms with E-state index in [9.17, 15) is 4.79 Å². The Balaban J connectivity index is 0.000000450. The monoisotopic (exact) mass is 391 g/mol. The highest BCUT2D eigenvalue weighted by molar-refractivity contribution is 6.42. The number of benzene rings is 1. The highest BCUT2D eigenvalue weighted by Crippen LogP contribution is 2.22. The zero-order valence-corrected chi connectivity index (χ0v) is 14.9. The average Bonchev–Trinajstić information content (AvgIpc) is 3.05. The van der Waals surface area contributed by atoms with Gasteiger partial charge in [0, 0.05) is 6.54 Å². The van der Waals surface area contributed by atoms with E-state index in [2.05, 4.69) is 4.90 Å². The second-order valence-electron chi connectivity index (χ2n) is 5.30. The van der Waals surface area contributed by atoms with Crippen molar-refractivity contribution < 1.29 is 29.3 Å². The molecular weight excluding hydrogens is 373 g/mol. The zero-order valence-electron chi connectivity index (χ0n) is 13.4. The first-order valence-electron chi connectivity index (χ1n) is 7.57. The van der Waals surface area contributed by atoms with Crippen LogP contribution in [-0.4, -0.2) is 59.3 Å². The van der Waals surface area contributed by atoms with Crippen LogP contribution in [0.5, 0.6) is 0 Å². The molecule has 0 radical (unpaired) electrons. The van der Waals surface area contributed by atoms with Gasteiger partial charge in [-0.15, -0.1) is 0 Å². The van der Waals surface area contributed by atoms with Gasteiger partial charge in [0.25, 0.3) is 0 Å². The fourth-order valence-corrected chi connectivity index (χ4v) is 2.48. The van der Waals surface area contributed by atoms with Crippen LogP contribution in [0.1, 0.15) is 18.4 Å². The number of hydrogen-bond donors (Lipinski definition) is 2. The largest absolute Gasteiger partial charge is 0.473 e. The highest BCUT2D eigenvalue weighted by Gasteiger charge is 2.12. The number of likely N-dealkylation sites (tertiary alicyclic amines) is 1. The number of hydrogen-bond acceptors (Lipinski definition) is 5. The van der Waals surface area contributed by atoms with Gasteiger partial charge in [-0.05, 0) is 43.6 Å². The Labute approximate surface area is 155 Å². The Morgan fingerprint density at radius 2 is 1.64 bits per heavy atom. The minimum absolute atomic E-state index is 0.224. The van der Waals surface area contributed by atoms with Crippen molar-refractivity contribution in [3.63, 3.8) is 0 Å². The van der Waals surface area contributed by atoms with Crippen molar-refractivity contribution >= 4 is 41.1 Å². The van der Waals surface area contributed by atoms with Crippen LogP contribution in [0.2, 0.25) is 10.0 Å². The van der Waals surface area contributed by atoms with Gasteiger partial charge in [0.2, 0.25) is 0 Å². The number of carbonyl (C=O) groups excluding carboxylic acids is 1. The summed E-state index contributed by atoms with van der Waals surface area (Å²) in [5, 5.41) is 15.7. The number of halogens is 2. The Kier molecular flexibility index (Phi) is 9.26. The first-order valence-corrected chi connectivity index (χ1v) is 8.33. The second kappa shape index (κ2) is 10.9. The van der Waals surface area contributed by atoms with Gasteiger partial charge < -0.3 is 14.9 Å². The Morgan fingerprint density at radius 3 is 2.16 bits per heavy atom. The first kappa shape index (κ1) is 21.2. The average molecular weight is 392 g/mol. The van der Waals surface area contributed by atoms with E-state index in [1.54, 1.807) is 18.2 Å². The number of nitrogens with zero attached hydrogens (tertiary/aromatic N) is 1. The van der Waals surface area contributed by atoms with Crippen molar-refractivity contribution in [2.45, 2.75) is 19.3 Å². The summed E-state index contributed by atoms with van der Waals surface area (Å²) in [6.07, 6.45) is 2.73. The lowest BCUT2D eigenvalue weighted by Crippen LogP contribution is -2.25. The fourth-order valence-electron chi connectivity index (χ4n) is 2.16. The topological polar surface area (TPSA) is 104 Å². The summed E-state index contributed by atoms with van der Waals surface area (Å²) < 4.78 is 5.22. The smallest absolute Gasteiger partial charge is 0.414 e. The van der Waals surface area contributed by atoms with Gasteiger partial charge in [0.1, 0.15) is 6.61 Å². The second-order valence-corrected chi connectivity index (χ2v) is 6.12. The van der Waals surface area contributed by atoms with E-state index in [-0.39, 0.29) is 12.4 Å². The lowest BCUT2D eigenvalue weighted by Gasteiger charge is -2.14. The van der Waals surface area contributed by atoms with Crippen molar-refractivity contribution in [2.24, 2.45) is 0 Å². The summed E-state index contributed by atoms with van der Waals surface area (Å²) in [5.41, 5.74) is 0.820. The number of ether oxygens (including phenoxy) is 1. The van der Waals surface area contributed by atoms with E-state index in [1.807, 2.05) is 0 Å². The molecule has 1 aromatic carbocycles. The SMILES string of the molecule is O=C(Cc1ccc(Cl)c(Cl)c1)OCCN1CCCC1.O=C(O)C(=O)O. The van der Waals surface area contributed by atoms with E-state index in [4.69, 9.17) is 47.7 Å². The molecule has 0 aromatic heterocycles. The number of carboxylic acid groups (broad SMARTS) is 2. The minimum Gasteiger partial charge on any atom is -0.473 e. The van der Waals surface area contributed by atoms with Crippen LogP contribution in [0.4, 0.5) is 0 Å². The molecule has 0 amide bonds.